The third-order valence-electron chi connectivity index (χ3n) is 6.42. The maximum Gasteiger partial charge on any atom is 0.253 e. The van der Waals surface area contributed by atoms with Gasteiger partial charge in [-0.2, -0.15) is 5.26 Å². The molecule has 0 aliphatic rings. The van der Waals surface area contributed by atoms with Crippen LogP contribution in [0, 0.1) is 17.1 Å². The SMILES string of the molecule is C=C/C(C#N)=C\C(C(=O)NC(C)c1ccc(F)cc1)=C(/C)NCc1ccc(/C(=C/C)N=C(CN)CCCOC)cc1. The molecule has 0 aliphatic carbocycles. The van der Waals surface area contributed by atoms with Crippen LogP contribution in [0.15, 0.2) is 95.2 Å². The Morgan fingerprint density at radius 1 is 1.22 bits per heavy atom. The van der Waals surface area contributed by atoms with Crippen LogP contribution in [-0.2, 0) is 16.1 Å². The van der Waals surface area contributed by atoms with E-state index in [0.717, 1.165) is 40.9 Å². The number of halogens is 1. The van der Waals surface area contributed by atoms with Gasteiger partial charge in [0.1, 0.15) is 5.82 Å². The molecule has 0 spiro atoms. The van der Waals surface area contributed by atoms with Crippen LogP contribution in [0.3, 0.4) is 0 Å². The Morgan fingerprint density at radius 2 is 1.90 bits per heavy atom. The fraction of sp³-hybridized carbons (Fsp3) is 0.303. The van der Waals surface area contributed by atoms with E-state index in [9.17, 15) is 14.4 Å². The third kappa shape index (κ3) is 10.6. The van der Waals surface area contributed by atoms with Crippen LogP contribution >= 0.6 is 0 Å². The van der Waals surface area contributed by atoms with E-state index in [0.29, 0.717) is 31.0 Å². The van der Waals surface area contributed by atoms with Gasteiger partial charge in [-0.05, 0) is 68.5 Å². The molecule has 0 bridgehead atoms. The number of benzene rings is 2. The summed E-state index contributed by atoms with van der Waals surface area (Å²) >= 11 is 0. The van der Waals surface area contributed by atoms with Crippen molar-refractivity contribution in [3.63, 3.8) is 0 Å². The molecule has 4 N–H and O–H groups in total. The average Bonchev–Trinajstić information content (AvgIpc) is 2.99. The van der Waals surface area contributed by atoms with Gasteiger partial charge >= 0.3 is 0 Å². The standard InChI is InChI=1S/C33H40FN5O2/c1-6-25(20-35)19-31(33(40)38-23(3)27-14-16-29(34)17-15-27)24(4)37-22-26-10-12-28(13-11-26)32(7-2)39-30(21-36)9-8-18-41-5/h6-7,10-17,19,23,37H,1,8-9,18,21-22,36H2,2-5H3,(H,38,40)/b25-19+,31-24-,32-7-,39-30?. The van der Waals surface area contributed by atoms with E-state index in [1.54, 1.807) is 26.2 Å². The van der Waals surface area contributed by atoms with Gasteiger partial charge in [0.25, 0.3) is 5.91 Å². The summed E-state index contributed by atoms with van der Waals surface area (Å²) in [5, 5.41) is 15.6. The van der Waals surface area contributed by atoms with Crippen molar-refractivity contribution in [3.05, 3.63) is 113 Å². The number of hydrogen-bond acceptors (Lipinski definition) is 6. The van der Waals surface area contributed by atoms with Crippen molar-refractivity contribution in [1.29, 1.82) is 5.26 Å². The first-order valence-electron chi connectivity index (χ1n) is 13.5. The maximum atomic E-state index is 13.3. The summed E-state index contributed by atoms with van der Waals surface area (Å²) < 4.78 is 18.4. The van der Waals surface area contributed by atoms with Crippen molar-refractivity contribution in [1.82, 2.24) is 10.6 Å². The van der Waals surface area contributed by atoms with E-state index < -0.39 is 0 Å². The molecule has 0 radical (unpaired) electrons. The number of nitrogens with zero attached hydrogens (tertiary/aromatic N) is 2. The monoisotopic (exact) mass is 557 g/mol. The smallest absolute Gasteiger partial charge is 0.253 e. The van der Waals surface area contributed by atoms with Gasteiger partial charge in [-0.15, -0.1) is 0 Å². The van der Waals surface area contributed by atoms with Crippen LogP contribution in [-0.4, -0.2) is 31.9 Å². The number of nitrogens with one attached hydrogen (secondary N) is 2. The molecule has 1 atom stereocenters. The minimum absolute atomic E-state index is 0.258. The van der Waals surface area contributed by atoms with Crippen molar-refractivity contribution in [2.75, 3.05) is 20.3 Å². The summed E-state index contributed by atoms with van der Waals surface area (Å²) in [4.78, 5) is 18.0. The van der Waals surface area contributed by atoms with Gasteiger partial charge in [0.05, 0.1) is 29.0 Å². The van der Waals surface area contributed by atoms with Gasteiger partial charge in [-0.1, -0.05) is 55.1 Å². The highest BCUT2D eigenvalue weighted by atomic mass is 19.1. The van der Waals surface area contributed by atoms with E-state index in [1.165, 1.54) is 24.3 Å². The van der Waals surface area contributed by atoms with Crippen LogP contribution in [0.25, 0.3) is 5.70 Å². The average molecular weight is 558 g/mol. The number of rotatable bonds is 15. The fourth-order valence-electron chi connectivity index (χ4n) is 3.96. The Bertz CT molecular complexity index is 1330. The van der Waals surface area contributed by atoms with E-state index >= 15 is 0 Å². The normalized spacial score (nSPS) is 13.6. The van der Waals surface area contributed by atoms with Crippen LogP contribution in [0.4, 0.5) is 4.39 Å². The number of methoxy groups -OCH3 is 1. The minimum atomic E-state index is -0.371. The molecule has 216 valence electrons. The summed E-state index contributed by atoms with van der Waals surface area (Å²) in [7, 11) is 1.68. The van der Waals surface area contributed by atoms with Crippen LogP contribution in [0.2, 0.25) is 0 Å². The number of carbonyl (C=O) groups is 1. The number of hydrogen-bond donors (Lipinski definition) is 3. The largest absolute Gasteiger partial charge is 0.385 e. The molecule has 41 heavy (non-hydrogen) atoms. The third-order valence-corrected chi connectivity index (χ3v) is 6.42. The van der Waals surface area contributed by atoms with Gasteiger partial charge in [-0.25, -0.2) is 4.39 Å². The zero-order valence-corrected chi connectivity index (χ0v) is 24.3. The van der Waals surface area contributed by atoms with Crippen molar-refractivity contribution < 1.29 is 13.9 Å². The first kappa shape index (κ1) is 32.9. The second kappa shape index (κ2) is 17.4. The fourth-order valence-corrected chi connectivity index (χ4v) is 3.96. The first-order valence-corrected chi connectivity index (χ1v) is 13.5. The minimum Gasteiger partial charge on any atom is -0.385 e. The predicted molar refractivity (Wildman–Crippen MR) is 164 cm³/mol. The summed E-state index contributed by atoms with van der Waals surface area (Å²) in [6.45, 7) is 10.7. The van der Waals surface area contributed by atoms with Crippen LogP contribution in [0.1, 0.15) is 56.3 Å². The molecular weight excluding hydrogens is 517 g/mol. The molecular formula is C33H40FN5O2. The maximum absolute atomic E-state index is 13.3. The number of amides is 1. The molecule has 1 unspecified atom stereocenters. The number of nitrogens with two attached hydrogens (primary N) is 1. The van der Waals surface area contributed by atoms with Gasteiger partial charge in [0.15, 0.2) is 0 Å². The lowest BCUT2D eigenvalue weighted by atomic mass is 10.1. The Morgan fingerprint density at radius 3 is 2.46 bits per heavy atom. The lowest BCUT2D eigenvalue weighted by Crippen LogP contribution is -2.29. The van der Waals surface area contributed by atoms with Crippen LogP contribution < -0.4 is 16.4 Å². The summed E-state index contributed by atoms with van der Waals surface area (Å²) in [6.07, 6.45) is 6.51. The molecule has 0 fully saturated rings. The highest BCUT2D eigenvalue weighted by molar-refractivity contribution is 5.97. The van der Waals surface area contributed by atoms with Gasteiger partial charge in [-0.3, -0.25) is 9.79 Å². The first-order chi connectivity index (χ1) is 19.8. The van der Waals surface area contributed by atoms with E-state index in [-0.39, 0.29) is 23.3 Å². The van der Waals surface area contributed by atoms with Crippen molar-refractivity contribution >= 4 is 17.3 Å². The molecule has 2 aromatic rings. The summed E-state index contributed by atoms with van der Waals surface area (Å²) in [5.41, 5.74) is 11.6. The lowest BCUT2D eigenvalue weighted by Gasteiger charge is -2.17. The molecule has 7 nitrogen and oxygen atoms in total. The number of ether oxygens (including phenoxy) is 1. The number of carbonyl (C=O) groups excluding carboxylic acids is 1. The molecule has 2 rings (SSSR count). The van der Waals surface area contributed by atoms with Gasteiger partial charge in [0, 0.05) is 38.2 Å². The number of aliphatic imine (C=N–C) groups is 1. The Hall–Kier alpha value is -4.32. The van der Waals surface area contributed by atoms with E-state index in [4.69, 9.17) is 15.5 Å². The van der Waals surface area contributed by atoms with Crippen molar-refractivity contribution in [2.24, 2.45) is 10.7 Å². The van der Waals surface area contributed by atoms with Gasteiger partial charge < -0.3 is 21.1 Å². The quantitative estimate of drug-likeness (QED) is 0.0831. The second-order valence-corrected chi connectivity index (χ2v) is 9.40. The Labute approximate surface area is 243 Å². The van der Waals surface area contributed by atoms with Crippen molar-refractivity contribution in [2.45, 2.75) is 46.2 Å². The summed E-state index contributed by atoms with van der Waals surface area (Å²) in [5.74, 6) is -0.713. The number of allylic oxidation sites excluding steroid dienone is 4. The molecule has 0 aliphatic heterocycles. The predicted octanol–water partition coefficient (Wildman–Crippen LogP) is 5.89. The second-order valence-electron chi connectivity index (χ2n) is 9.40. The molecule has 8 heteroatoms. The highest BCUT2D eigenvalue weighted by Crippen LogP contribution is 2.19. The van der Waals surface area contributed by atoms with Crippen molar-refractivity contribution in [3.8, 4) is 6.07 Å². The molecule has 0 saturated carbocycles. The molecule has 0 saturated heterocycles. The lowest BCUT2D eigenvalue weighted by molar-refractivity contribution is -0.117. The van der Waals surface area contributed by atoms with E-state index in [2.05, 4.69) is 17.2 Å². The topological polar surface area (TPSA) is 113 Å². The zero-order valence-electron chi connectivity index (χ0n) is 24.3. The summed E-state index contributed by atoms with van der Waals surface area (Å²) in [6, 6.07) is 15.6. The molecule has 1 amide bonds. The van der Waals surface area contributed by atoms with E-state index in [1.807, 2.05) is 50.3 Å². The number of nitriles is 1. The molecule has 0 aromatic heterocycles. The Balaban J connectivity index is 2.20. The molecule has 0 heterocycles. The zero-order chi connectivity index (χ0) is 30.2. The molecule has 2 aromatic carbocycles. The highest BCUT2D eigenvalue weighted by Gasteiger charge is 2.16. The Kier molecular flexibility index (Phi) is 13.9. The van der Waals surface area contributed by atoms with Crippen LogP contribution in [0.5, 0.6) is 0 Å². The van der Waals surface area contributed by atoms with Gasteiger partial charge in [0.2, 0.25) is 0 Å².